The quantitative estimate of drug-likeness (QED) is 0.640. The number of amides is 2. The smallest absolute Gasteiger partial charge is 0.250 e. The fraction of sp³-hybridized carbons (Fsp3) is 0. The largest absolute Gasteiger partial charge is 0.297 e. The number of nitrogens with one attached hydrogen (secondary N) is 2. The van der Waals surface area contributed by atoms with Crippen molar-refractivity contribution < 1.29 is 9.59 Å². The number of benzene rings is 2. The molecule has 0 saturated carbocycles. The summed E-state index contributed by atoms with van der Waals surface area (Å²) in [5, 5.41) is 13.5. The number of nitrogens with zero attached hydrogens (tertiary/aromatic N) is 2. The fourth-order valence-corrected chi connectivity index (χ4v) is 2.74. The summed E-state index contributed by atoms with van der Waals surface area (Å²) in [6.07, 6.45) is 6.23. The van der Waals surface area contributed by atoms with E-state index in [1.54, 1.807) is 12.2 Å². The number of anilines is 2. The summed E-state index contributed by atoms with van der Waals surface area (Å²) < 4.78 is 0. The molecule has 3 rings (SSSR count). The zero-order chi connectivity index (χ0) is 18.9. The van der Waals surface area contributed by atoms with Crippen LogP contribution in [0.1, 0.15) is 11.1 Å². The third-order valence-electron chi connectivity index (χ3n) is 3.34. The number of hydrogen-bond acceptors (Lipinski definition) is 5. The van der Waals surface area contributed by atoms with E-state index in [4.69, 9.17) is 0 Å². The Morgan fingerprint density at radius 1 is 0.704 bits per heavy atom. The molecule has 3 aromatic rings. The molecular weight excluding hydrogens is 360 g/mol. The van der Waals surface area contributed by atoms with Crippen LogP contribution in [0.3, 0.4) is 0 Å². The van der Waals surface area contributed by atoms with E-state index in [1.807, 2.05) is 60.7 Å². The van der Waals surface area contributed by atoms with Crippen molar-refractivity contribution >= 4 is 45.6 Å². The fourth-order valence-electron chi connectivity index (χ4n) is 2.09. The molecule has 1 aromatic heterocycles. The Labute approximate surface area is 160 Å². The average molecular weight is 376 g/mol. The van der Waals surface area contributed by atoms with Gasteiger partial charge in [0.25, 0.3) is 0 Å². The van der Waals surface area contributed by atoms with Crippen LogP contribution in [0.25, 0.3) is 12.2 Å². The molecule has 0 saturated heterocycles. The first-order valence-corrected chi connectivity index (χ1v) is 8.92. The van der Waals surface area contributed by atoms with Crippen molar-refractivity contribution in [3.63, 3.8) is 0 Å². The SMILES string of the molecule is O=C(C=Cc1ccccc1)Nc1nnc(NC(=O)C=Cc2ccccc2)s1. The highest BCUT2D eigenvalue weighted by Crippen LogP contribution is 2.20. The average Bonchev–Trinajstić information content (AvgIpc) is 3.13. The van der Waals surface area contributed by atoms with E-state index in [-0.39, 0.29) is 11.8 Å². The second kappa shape index (κ2) is 9.21. The van der Waals surface area contributed by atoms with E-state index < -0.39 is 0 Å². The van der Waals surface area contributed by atoms with Gasteiger partial charge in [0, 0.05) is 12.2 Å². The standard InChI is InChI=1S/C20H16N4O2S/c25-17(13-11-15-7-3-1-4-8-15)21-19-23-24-20(27-19)22-18(26)14-12-16-9-5-2-6-10-16/h1-14H,(H,21,23,25)(H,22,24,26). The molecule has 134 valence electrons. The van der Waals surface area contributed by atoms with Crippen LogP contribution >= 0.6 is 11.3 Å². The van der Waals surface area contributed by atoms with Gasteiger partial charge in [0.05, 0.1) is 0 Å². The maximum atomic E-state index is 11.9. The molecule has 0 bridgehead atoms. The Hall–Kier alpha value is -3.58. The van der Waals surface area contributed by atoms with Crippen molar-refractivity contribution in [2.24, 2.45) is 0 Å². The first-order chi connectivity index (χ1) is 13.2. The summed E-state index contributed by atoms with van der Waals surface area (Å²) >= 11 is 1.08. The van der Waals surface area contributed by atoms with Gasteiger partial charge >= 0.3 is 0 Å². The molecule has 0 radical (unpaired) electrons. The van der Waals surface area contributed by atoms with Crippen molar-refractivity contribution in [3.8, 4) is 0 Å². The zero-order valence-electron chi connectivity index (χ0n) is 14.2. The van der Waals surface area contributed by atoms with Crippen molar-refractivity contribution in [3.05, 3.63) is 83.9 Å². The molecule has 2 N–H and O–H groups in total. The lowest BCUT2D eigenvalue weighted by Crippen LogP contribution is -2.07. The summed E-state index contributed by atoms with van der Waals surface area (Å²) in [5.74, 6) is -0.645. The number of hydrogen-bond donors (Lipinski definition) is 2. The molecule has 0 aliphatic carbocycles. The van der Waals surface area contributed by atoms with Crippen LogP contribution < -0.4 is 10.6 Å². The highest BCUT2D eigenvalue weighted by Gasteiger charge is 2.08. The van der Waals surface area contributed by atoms with Crippen LogP contribution in [0.2, 0.25) is 0 Å². The molecule has 0 atom stereocenters. The monoisotopic (exact) mass is 376 g/mol. The van der Waals surface area contributed by atoms with Gasteiger partial charge in [-0.25, -0.2) is 0 Å². The third kappa shape index (κ3) is 6.02. The number of carbonyl (C=O) groups is 2. The third-order valence-corrected chi connectivity index (χ3v) is 4.09. The van der Waals surface area contributed by atoms with Gasteiger partial charge in [0.1, 0.15) is 0 Å². The Bertz CT molecular complexity index is 888. The molecule has 7 heteroatoms. The molecule has 0 fully saturated rings. The maximum absolute atomic E-state index is 11.9. The van der Waals surface area contributed by atoms with Gasteiger partial charge < -0.3 is 0 Å². The molecule has 0 unspecified atom stereocenters. The summed E-state index contributed by atoms with van der Waals surface area (Å²) in [6, 6.07) is 19.0. The van der Waals surface area contributed by atoms with Gasteiger partial charge in [-0.3, -0.25) is 20.2 Å². The van der Waals surface area contributed by atoms with E-state index in [9.17, 15) is 9.59 Å². The molecule has 0 aliphatic rings. The normalized spacial score (nSPS) is 11.0. The van der Waals surface area contributed by atoms with Crippen molar-refractivity contribution in [2.45, 2.75) is 0 Å². The topological polar surface area (TPSA) is 84.0 Å². The van der Waals surface area contributed by atoms with Gasteiger partial charge in [-0.15, -0.1) is 10.2 Å². The molecular formula is C20H16N4O2S. The van der Waals surface area contributed by atoms with E-state index in [0.717, 1.165) is 22.5 Å². The minimum absolute atomic E-state index is 0.306. The lowest BCUT2D eigenvalue weighted by Gasteiger charge is -1.96. The first kappa shape index (κ1) is 18.2. The number of carbonyl (C=O) groups excluding carboxylic acids is 2. The van der Waals surface area contributed by atoms with Crippen LogP contribution in [-0.4, -0.2) is 22.0 Å². The van der Waals surface area contributed by atoms with Crippen LogP contribution in [0.4, 0.5) is 10.3 Å². The molecule has 27 heavy (non-hydrogen) atoms. The molecule has 1 heterocycles. The summed E-state index contributed by atoms with van der Waals surface area (Å²) in [7, 11) is 0. The van der Waals surface area contributed by atoms with Crippen molar-refractivity contribution in [2.75, 3.05) is 10.6 Å². The van der Waals surface area contributed by atoms with Gasteiger partial charge in [-0.05, 0) is 23.3 Å². The lowest BCUT2D eigenvalue weighted by atomic mass is 10.2. The van der Waals surface area contributed by atoms with E-state index in [0.29, 0.717) is 10.3 Å². The van der Waals surface area contributed by atoms with Gasteiger partial charge in [0.2, 0.25) is 22.1 Å². The summed E-state index contributed by atoms with van der Waals surface area (Å²) in [4.78, 5) is 23.8. The zero-order valence-corrected chi connectivity index (χ0v) is 15.0. The van der Waals surface area contributed by atoms with Crippen LogP contribution in [0, 0.1) is 0 Å². The second-order valence-corrected chi connectivity index (χ2v) is 6.36. The molecule has 0 aliphatic heterocycles. The molecule has 2 amide bonds. The minimum Gasteiger partial charge on any atom is -0.297 e. The minimum atomic E-state index is -0.322. The Balaban J connectivity index is 1.52. The van der Waals surface area contributed by atoms with Crippen molar-refractivity contribution in [1.29, 1.82) is 0 Å². The Morgan fingerprint density at radius 3 is 1.52 bits per heavy atom. The van der Waals surface area contributed by atoms with Crippen LogP contribution in [-0.2, 0) is 9.59 Å². The highest BCUT2D eigenvalue weighted by atomic mass is 32.1. The molecule has 6 nitrogen and oxygen atoms in total. The molecule has 2 aromatic carbocycles. The highest BCUT2D eigenvalue weighted by molar-refractivity contribution is 7.19. The first-order valence-electron chi connectivity index (χ1n) is 8.11. The maximum Gasteiger partial charge on any atom is 0.250 e. The van der Waals surface area contributed by atoms with Crippen LogP contribution in [0.5, 0.6) is 0 Å². The summed E-state index contributed by atoms with van der Waals surface area (Å²) in [5.41, 5.74) is 1.84. The molecule has 0 spiro atoms. The lowest BCUT2D eigenvalue weighted by molar-refractivity contribution is -0.112. The van der Waals surface area contributed by atoms with Crippen LogP contribution in [0.15, 0.2) is 72.8 Å². The number of aromatic nitrogens is 2. The van der Waals surface area contributed by atoms with Crippen molar-refractivity contribution in [1.82, 2.24) is 10.2 Å². The number of rotatable bonds is 6. The van der Waals surface area contributed by atoms with Gasteiger partial charge in [0.15, 0.2) is 0 Å². The van der Waals surface area contributed by atoms with Gasteiger partial charge in [-0.1, -0.05) is 72.0 Å². The van der Waals surface area contributed by atoms with E-state index >= 15 is 0 Å². The van der Waals surface area contributed by atoms with E-state index in [2.05, 4.69) is 20.8 Å². The van der Waals surface area contributed by atoms with Gasteiger partial charge in [-0.2, -0.15) is 0 Å². The predicted molar refractivity (Wildman–Crippen MR) is 108 cm³/mol. The second-order valence-electron chi connectivity index (χ2n) is 5.38. The Kier molecular flexibility index (Phi) is 6.21. The van der Waals surface area contributed by atoms with E-state index in [1.165, 1.54) is 12.2 Å². The predicted octanol–water partition coefficient (Wildman–Crippen LogP) is 3.84. The Morgan fingerprint density at radius 2 is 1.11 bits per heavy atom. The summed E-state index contributed by atoms with van der Waals surface area (Å²) in [6.45, 7) is 0.